The Bertz CT molecular complexity index is 478. The number of aliphatic imine (C=N–C) groups is 1. The van der Waals surface area contributed by atoms with Gasteiger partial charge in [0, 0.05) is 0 Å². The maximum absolute atomic E-state index is 10.9. The van der Waals surface area contributed by atoms with Gasteiger partial charge >= 0.3 is 6.03 Å². The van der Waals surface area contributed by atoms with Gasteiger partial charge in [0.25, 0.3) is 0 Å². The minimum atomic E-state index is -0.903. The molecule has 0 aliphatic heterocycles. The zero-order valence-corrected chi connectivity index (χ0v) is 8.51. The lowest BCUT2D eigenvalue weighted by Gasteiger charge is -2.13. The topological polar surface area (TPSA) is 92.8 Å². The molecule has 1 rings (SSSR count). The number of imide groups is 1. The van der Waals surface area contributed by atoms with Crippen molar-refractivity contribution in [2.45, 2.75) is 6.92 Å². The van der Waals surface area contributed by atoms with Crippen LogP contribution in [-0.2, 0) is 9.59 Å². The number of aryl methyl sites for hydroxylation is 1. The first-order chi connectivity index (χ1) is 7.60. The van der Waals surface area contributed by atoms with Gasteiger partial charge in [-0.05, 0) is 24.6 Å². The number of carbonyl (C=O) groups excluding carboxylic acids is 3. The second kappa shape index (κ2) is 4.86. The number of hydrogen-bond donors (Lipinski definition) is 1. The number of primary amides is 1. The molecule has 0 heterocycles. The molecule has 1 aromatic carbocycles. The second-order valence-corrected chi connectivity index (χ2v) is 2.99. The van der Waals surface area contributed by atoms with Crippen LogP contribution < -0.4 is 10.6 Å². The van der Waals surface area contributed by atoms with Crippen molar-refractivity contribution in [2.75, 3.05) is 4.90 Å². The molecule has 1 aromatic rings. The third kappa shape index (κ3) is 2.31. The van der Waals surface area contributed by atoms with Gasteiger partial charge in [0.05, 0.1) is 11.4 Å². The molecule has 6 nitrogen and oxygen atoms in total. The van der Waals surface area contributed by atoms with E-state index in [1.165, 1.54) is 18.2 Å². The number of carbonyl (C=O) groups is 2. The Morgan fingerprint density at radius 3 is 2.75 bits per heavy atom. The molecule has 0 fully saturated rings. The lowest BCUT2D eigenvalue weighted by atomic mass is 10.2. The molecule has 3 amide bonds. The number of isocyanates is 1. The van der Waals surface area contributed by atoms with Crippen LogP contribution in [0.1, 0.15) is 5.56 Å². The fourth-order valence-electron chi connectivity index (χ4n) is 1.16. The molecule has 0 unspecified atom stereocenters. The summed E-state index contributed by atoms with van der Waals surface area (Å²) in [5, 5.41) is 0. The summed E-state index contributed by atoms with van der Waals surface area (Å²) in [6.07, 6.45) is 1.68. The molecular formula is C10H9N3O3. The van der Waals surface area contributed by atoms with E-state index in [4.69, 9.17) is 5.73 Å². The van der Waals surface area contributed by atoms with Gasteiger partial charge in [-0.15, -0.1) is 0 Å². The van der Waals surface area contributed by atoms with Crippen molar-refractivity contribution in [3.05, 3.63) is 23.8 Å². The lowest BCUT2D eigenvalue weighted by molar-refractivity contribution is -0.106. The number of rotatable bonds is 3. The van der Waals surface area contributed by atoms with E-state index in [1.807, 2.05) is 0 Å². The molecule has 0 aliphatic rings. The molecule has 0 bridgehead atoms. The molecule has 0 spiro atoms. The molecule has 16 heavy (non-hydrogen) atoms. The predicted octanol–water partition coefficient (Wildman–Crippen LogP) is 1.00. The molecule has 2 N–H and O–H groups in total. The summed E-state index contributed by atoms with van der Waals surface area (Å²) in [7, 11) is 0. The van der Waals surface area contributed by atoms with Crippen molar-refractivity contribution in [3.63, 3.8) is 0 Å². The minimum absolute atomic E-state index is 0.252. The second-order valence-electron chi connectivity index (χ2n) is 2.99. The number of hydrogen-bond acceptors (Lipinski definition) is 4. The lowest BCUT2D eigenvalue weighted by Crippen LogP contribution is -2.34. The highest BCUT2D eigenvalue weighted by molar-refractivity contribution is 6.05. The third-order valence-corrected chi connectivity index (χ3v) is 1.98. The Morgan fingerprint density at radius 2 is 2.25 bits per heavy atom. The van der Waals surface area contributed by atoms with Crippen LogP contribution in [0.25, 0.3) is 0 Å². The van der Waals surface area contributed by atoms with E-state index in [9.17, 15) is 14.4 Å². The molecule has 0 aromatic heterocycles. The molecule has 0 saturated carbocycles. The van der Waals surface area contributed by atoms with Crippen LogP contribution in [-0.4, -0.2) is 18.5 Å². The smallest absolute Gasteiger partial charge is 0.325 e. The number of anilines is 1. The Kier molecular flexibility index (Phi) is 3.53. The Balaban J connectivity index is 3.25. The number of benzene rings is 1. The molecule has 0 atom stereocenters. The fraction of sp³-hybridized carbons (Fsp3) is 0.100. The third-order valence-electron chi connectivity index (χ3n) is 1.98. The Labute approximate surface area is 91.4 Å². The highest BCUT2D eigenvalue weighted by atomic mass is 16.2. The summed E-state index contributed by atoms with van der Waals surface area (Å²) in [5.74, 6) is 0. The van der Waals surface area contributed by atoms with Gasteiger partial charge < -0.3 is 5.73 Å². The maximum atomic E-state index is 10.9. The molecule has 0 radical (unpaired) electrons. The van der Waals surface area contributed by atoms with E-state index >= 15 is 0 Å². The summed E-state index contributed by atoms with van der Waals surface area (Å²) in [6.45, 7) is 1.73. The van der Waals surface area contributed by atoms with E-state index in [0.29, 0.717) is 17.0 Å². The first-order valence-corrected chi connectivity index (χ1v) is 4.32. The van der Waals surface area contributed by atoms with Crippen molar-refractivity contribution in [1.82, 2.24) is 0 Å². The average molecular weight is 219 g/mol. The first-order valence-electron chi connectivity index (χ1n) is 4.32. The SMILES string of the molecule is Cc1ccc(N(C=O)C(N)=O)cc1N=C=O. The van der Waals surface area contributed by atoms with Crippen molar-refractivity contribution < 1.29 is 14.4 Å². The highest BCUT2D eigenvalue weighted by Crippen LogP contribution is 2.24. The van der Waals surface area contributed by atoms with Crippen LogP contribution in [0.2, 0.25) is 0 Å². The molecule has 82 valence electrons. The summed E-state index contributed by atoms with van der Waals surface area (Å²) >= 11 is 0. The van der Waals surface area contributed by atoms with Gasteiger partial charge in [0.15, 0.2) is 0 Å². The fourth-order valence-corrected chi connectivity index (χ4v) is 1.16. The summed E-state index contributed by atoms with van der Waals surface area (Å²) in [6, 6.07) is 3.64. The quantitative estimate of drug-likeness (QED) is 0.467. The number of nitrogens with two attached hydrogens (primary N) is 1. The number of nitrogens with zero attached hydrogens (tertiary/aromatic N) is 2. The number of urea groups is 1. The van der Waals surface area contributed by atoms with Gasteiger partial charge in [0.1, 0.15) is 0 Å². The van der Waals surface area contributed by atoms with Gasteiger partial charge in [-0.1, -0.05) is 6.07 Å². The summed E-state index contributed by atoms with van der Waals surface area (Å²) in [4.78, 5) is 35.8. The predicted molar refractivity (Wildman–Crippen MR) is 57.1 cm³/mol. The van der Waals surface area contributed by atoms with E-state index < -0.39 is 6.03 Å². The van der Waals surface area contributed by atoms with Gasteiger partial charge in [-0.2, -0.15) is 4.99 Å². The van der Waals surface area contributed by atoms with Gasteiger partial charge in [-0.3, -0.25) is 4.79 Å². The molecule has 0 saturated heterocycles. The van der Waals surface area contributed by atoms with Crippen molar-refractivity contribution in [1.29, 1.82) is 0 Å². The van der Waals surface area contributed by atoms with Crippen LogP contribution >= 0.6 is 0 Å². The zero-order chi connectivity index (χ0) is 12.1. The monoisotopic (exact) mass is 219 g/mol. The first kappa shape index (κ1) is 11.6. The summed E-state index contributed by atoms with van der Waals surface area (Å²) < 4.78 is 0. The van der Waals surface area contributed by atoms with E-state index in [0.717, 1.165) is 5.56 Å². The number of amides is 3. The van der Waals surface area contributed by atoms with E-state index in [1.54, 1.807) is 13.0 Å². The largest absolute Gasteiger partial charge is 0.351 e. The normalized spacial score (nSPS) is 9.06. The van der Waals surface area contributed by atoms with Gasteiger partial charge in [-0.25, -0.2) is 14.5 Å². The highest BCUT2D eigenvalue weighted by Gasteiger charge is 2.12. The standard InChI is InChI=1S/C10H9N3O3/c1-7-2-3-8(4-9(7)12-5-14)13(6-15)10(11)16/h2-4,6H,1H3,(H2,11,16). The van der Waals surface area contributed by atoms with E-state index in [2.05, 4.69) is 4.99 Å². The van der Waals surface area contributed by atoms with Crippen molar-refractivity contribution in [2.24, 2.45) is 10.7 Å². The maximum Gasteiger partial charge on any atom is 0.325 e. The van der Waals surface area contributed by atoms with Crippen LogP contribution in [0, 0.1) is 6.92 Å². The average Bonchev–Trinajstić information content (AvgIpc) is 2.23. The van der Waals surface area contributed by atoms with E-state index in [-0.39, 0.29) is 5.69 Å². The summed E-state index contributed by atoms with van der Waals surface area (Å²) in [5.41, 5.74) is 6.30. The van der Waals surface area contributed by atoms with Gasteiger partial charge in [0.2, 0.25) is 12.5 Å². The Morgan fingerprint density at radius 1 is 1.56 bits per heavy atom. The molecule has 0 aliphatic carbocycles. The molecular weight excluding hydrogens is 210 g/mol. The van der Waals surface area contributed by atoms with Crippen LogP contribution in [0.3, 0.4) is 0 Å². The zero-order valence-electron chi connectivity index (χ0n) is 8.51. The molecule has 6 heteroatoms. The van der Waals surface area contributed by atoms with Crippen LogP contribution in [0.5, 0.6) is 0 Å². The Hall–Kier alpha value is -2.46. The van der Waals surface area contributed by atoms with Crippen LogP contribution in [0.4, 0.5) is 16.2 Å². The van der Waals surface area contributed by atoms with Crippen molar-refractivity contribution in [3.8, 4) is 0 Å². The minimum Gasteiger partial charge on any atom is -0.351 e. The van der Waals surface area contributed by atoms with Crippen molar-refractivity contribution >= 4 is 29.9 Å². The van der Waals surface area contributed by atoms with Crippen LogP contribution in [0.15, 0.2) is 23.2 Å².